The Labute approximate surface area is 153 Å². The lowest BCUT2D eigenvalue weighted by atomic mass is 10.2. The van der Waals surface area contributed by atoms with Crippen LogP contribution in [0.2, 0.25) is 0 Å². The van der Waals surface area contributed by atoms with Crippen LogP contribution in [0.3, 0.4) is 0 Å². The van der Waals surface area contributed by atoms with Crippen molar-refractivity contribution < 1.29 is 19.1 Å². The summed E-state index contributed by atoms with van der Waals surface area (Å²) >= 11 is 0. The summed E-state index contributed by atoms with van der Waals surface area (Å²) in [5, 5.41) is 0. The molecule has 0 spiro atoms. The van der Waals surface area contributed by atoms with Crippen LogP contribution in [0.15, 0.2) is 54.6 Å². The summed E-state index contributed by atoms with van der Waals surface area (Å²) in [6.45, 7) is -0.0825. The van der Waals surface area contributed by atoms with Gasteiger partial charge in [0.15, 0.2) is 13.2 Å². The van der Waals surface area contributed by atoms with Crippen LogP contribution in [-0.4, -0.2) is 51.1 Å². The molecule has 0 radical (unpaired) electrons. The third-order valence-electron chi connectivity index (χ3n) is 3.75. The van der Waals surface area contributed by atoms with Crippen LogP contribution >= 0.6 is 0 Å². The second-order valence-electron chi connectivity index (χ2n) is 6.07. The van der Waals surface area contributed by atoms with Gasteiger partial charge in [0.25, 0.3) is 5.91 Å². The molecule has 0 aliphatic rings. The molecule has 0 atom stereocenters. The SMILES string of the molecule is CN(Cc1ccc(N(C)C)cc1)C(=O)COC(=O)COc1ccccc1. The summed E-state index contributed by atoms with van der Waals surface area (Å²) in [5.41, 5.74) is 2.10. The molecular weight excluding hydrogens is 332 g/mol. The predicted molar refractivity (Wildman–Crippen MR) is 100 cm³/mol. The highest BCUT2D eigenvalue weighted by molar-refractivity contribution is 5.80. The number of amides is 1. The molecule has 0 heterocycles. The number of ether oxygens (including phenoxy) is 2. The van der Waals surface area contributed by atoms with Gasteiger partial charge in [-0.05, 0) is 29.8 Å². The van der Waals surface area contributed by atoms with E-state index in [1.165, 1.54) is 4.90 Å². The number of hydrogen-bond acceptors (Lipinski definition) is 5. The first kappa shape index (κ1) is 19.3. The van der Waals surface area contributed by atoms with Crippen LogP contribution in [0.4, 0.5) is 5.69 Å². The van der Waals surface area contributed by atoms with Crippen molar-refractivity contribution in [2.75, 3.05) is 39.3 Å². The van der Waals surface area contributed by atoms with Crippen LogP contribution in [-0.2, 0) is 20.9 Å². The minimum Gasteiger partial charge on any atom is -0.482 e. The Morgan fingerprint density at radius 3 is 2.15 bits per heavy atom. The average Bonchev–Trinajstić information content (AvgIpc) is 2.65. The molecule has 0 saturated carbocycles. The van der Waals surface area contributed by atoms with E-state index in [0.29, 0.717) is 12.3 Å². The molecule has 0 unspecified atom stereocenters. The first-order valence-corrected chi connectivity index (χ1v) is 8.29. The monoisotopic (exact) mass is 356 g/mol. The van der Waals surface area contributed by atoms with Crippen LogP contribution < -0.4 is 9.64 Å². The fourth-order valence-electron chi connectivity index (χ4n) is 2.21. The van der Waals surface area contributed by atoms with Crippen LogP contribution in [0, 0.1) is 0 Å². The number of likely N-dealkylation sites (N-methyl/N-ethyl adjacent to an activating group) is 1. The molecule has 0 aromatic heterocycles. The lowest BCUT2D eigenvalue weighted by molar-refractivity contribution is -0.153. The van der Waals surface area contributed by atoms with Crippen molar-refractivity contribution >= 4 is 17.6 Å². The minimum absolute atomic E-state index is 0.229. The van der Waals surface area contributed by atoms with Crippen LogP contribution in [0.1, 0.15) is 5.56 Å². The Morgan fingerprint density at radius 2 is 1.54 bits per heavy atom. The van der Waals surface area contributed by atoms with Crippen molar-refractivity contribution in [3.05, 3.63) is 60.2 Å². The highest BCUT2D eigenvalue weighted by atomic mass is 16.6. The van der Waals surface area contributed by atoms with Gasteiger partial charge in [0.2, 0.25) is 0 Å². The Balaban J connectivity index is 1.73. The molecule has 6 heteroatoms. The van der Waals surface area contributed by atoms with E-state index in [0.717, 1.165) is 11.3 Å². The summed E-state index contributed by atoms with van der Waals surface area (Å²) in [7, 11) is 5.62. The standard InChI is InChI=1S/C20H24N2O4/c1-21(2)17-11-9-16(10-12-17)13-22(3)19(23)14-26-20(24)15-25-18-7-5-4-6-8-18/h4-12H,13-15H2,1-3H3. The number of benzene rings is 2. The van der Waals surface area contributed by atoms with Crippen LogP contribution in [0.5, 0.6) is 5.75 Å². The van der Waals surface area contributed by atoms with Gasteiger partial charge in [0.05, 0.1) is 0 Å². The minimum atomic E-state index is -0.578. The Kier molecular flexibility index (Phi) is 7.02. The molecule has 0 bridgehead atoms. The zero-order chi connectivity index (χ0) is 18.9. The Hall–Kier alpha value is -3.02. The molecule has 6 nitrogen and oxygen atoms in total. The van der Waals surface area contributed by atoms with E-state index in [4.69, 9.17) is 9.47 Å². The Morgan fingerprint density at radius 1 is 0.885 bits per heavy atom. The normalized spacial score (nSPS) is 10.1. The highest BCUT2D eigenvalue weighted by Gasteiger charge is 2.13. The predicted octanol–water partition coefficient (Wildman–Crippen LogP) is 2.33. The van der Waals surface area contributed by atoms with E-state index in [9.17, 15) is 9.59 Å². The summed E-state index contributed by atoms with van der Waals surface area (Å²) < 4.78 is 10.3. The molecule has 0 fully saturated rings. The number of hydrogen-bond donors (Lipinski definition) is 0. The number of nitrogens with zero attached hydrogens (tertiary/aromatic N) is 2. The van der Waals surface area contributed by atoms with Crippen molar-refractivity contribution in [2.45, 2.75) is 6.54 Å². The lowest BCUT2D eigenvalue weighted by Gasteiger charge is -2.18. The molecule has 2 aromatic rings. The number of rotatable bonds is 8. The van der Waals surface area contributed by atoms with E-state index in [2.05, 4.69) is 0 Å². The van der Waals surface area contributed by atoms with Crippen molar-refractivity contribution in [1.29, 1.82) is 0 Å². The van der Waals surface area contributed by atoms with E-state index in [1.807, 2.05) is 61.5 Å². The highest BCUT2D eigenvalue weighted by Crippen LogP contribution is 2.13. The molecular formula is C20H24N2O4. The van der Waals surface area contributed by atoms with E-state index < -0.39 is 5.97 Å². The van der Waals surface area contributed by atoms with Crippen molar-refractivity contribution in [2.24, 2.45) is 0 Å². The van der Waals surface area contributed by atoms with Gasteiger partial charge >= 0.3 is 5.97 Å². The zero-order valence-electron chi connectivity index (χ0n) is 15.3. The maximum Gasteiger partial charge on any atom is 0.344 e. The number of anilines is 1. The topological polar surface area (TPSA) is 59.1 Å². The third kappa shape index (κ3) is 6.12. The summed E-state index contributed by atoms with van der Waals surface area (Å²) in [6, 6.07) is 16.9. The second-order valence-corrected chi connectivity index (χ2v) is 6.07. The van der Waals surface area contributed by atoms with E-state index in [1.54, 1.807) is 19.2 Å². The number of esters is 1. The molecule has 0 N–H and O–H groups in total. The van der Waals surface area contributed by atoms with Crippen molar-refractivity contribution in [3.8, 4) is 5.75 Å². The molecule has 0 aliphatic carbocycles. The molecule has 2 aromatic carbocycles. The molecule has 0 aliphatic heterocycles. The van der Waals surface area contributed by atoms with Gasteiger partial charge in [-0.3, -0.25) is 4.79 Å². The van der Waals surface area contributed by atoms with Gasteiger partial charge in [0.1, 0.15) is 5.75 Å². The fraction of sp³-hybridized carbons (Fsp3) is 0.300. The fourth-order valence-corrected chi connectivity index (χ4v) is 2.21. The van der Waals surface area contributed by atoms with Gasteiger partial charge in [-0.2, -0.15) is 0 Å². The molecule has 1 amide bonds. The Bertz CT molecular complexity index is 714. The lowest BCUT2D eigenvalue weighted by Crippen LogP contribution is -2.31. The summed E-state index contributed by atoms with van der Waals surface area (Å²) in [6.07, 6.45) is 0. The number of carbonyl (C=O) groups is 2. The molecule has 0 saturated heterocycles. The maximum atomic E-state index is 12.1. The average molecular weight is 356 g/mol. The molecule has 138 valence electrons. The first-order valence-electron chi connectivity index (χ1n) is 8.29. The summed E-state index contributed by atoms with van der Waals surface area (Å²) in [4.78, 5) is 27.3. The van der Waals surface area contributed by atoms with E-state index >= 15 is 0 Å². The zero-order valence-corrected chi connectivity index (χ0v) is 15.3. The van der Waals surface area contributed by atoms with Crippen molar-refractivity contribution in [1.82, 2.24) is 4.90 Å². The smallest absolute Gasteiger partial charge is 0.344 e. The molecule has 2 rings (SSSR count). The van der Waals surface area contributed by atoms with E-state index in [-0.39, 0.29) is 19.1 Å². The number of carbonyl (C=O) groups excluding carboxylic acids is 2. The molecule has 26 heavy (non-hydrogen) atoms. The van der Waals surface area contributed by atoms with Gasteiger partial charge in [-0.1, -0.05) is 30.3 Å². The second kappa shape index (κ2) is 9.46. The van der Waals surface area contributed by atoms with Gasteiger partial charge in [0, 0.05) is 33.4 Å². The van der Waals surface area contributed by atoms with Gasteiger partial charge in [-0.25, -0.2) is 4.79 Å². The van der Waals surface area contributed by atoms with Gasteiger partial charge in [-0.15, -0.1) is 0 Å². The number of para-hydroxylation sites is 1. The van der Waals surface area contributed by atoms with Gasteiger partial charge < -0.3 is 19.3 Å². The van der Waals surface area contributed by atoms with Crippen molar-refractivity contribution in [3.63, 3.8) is 0 Å². The largest absolute Gasteiger partial charge is 0.482 e. The van der Waals surface area contributed by atoms with Crippen LogP contribution in [0.25, 0.3) is 0 Å². The first-order chi connectivity index (χ1) is 12.5. The third-order valence-corrected chi connectivity index (χ3v) is 3.75. The quantitative estimate of drug-likeness (QED) is 0.680. The summed E-state index contributed by atoms with van der Waals surface area (Å²) in [5.74, 6) is -0.269. The maximum absolute atomic E-state index is 12.1.